The summed E-state index contributed by atoms with van der Waals surface area (Å²) in [5.74, 6) is 0.392. The van der Waals surface area contributed by atoms with Crippen LogP contribution < -0.4 is 10.1 Å². The number of hydrogen-bond acceptors (Lipinski definition) is 7. The molecule has 3 heterocycles. The first-order valence-electron chi connectivity index (χ1n) is 8.54. The van der Waals surface area contributed by atoms with Crippen molar-refractivity contribution in [3.8, 4) is 11.9 Å². The van der Waals surface area contributed by atoms with Gasteiger partial charge in [0.05, 0.1) is 35.3 Å². The highest BCUT2D eigenvalue weighted by atomic mass is 16.5. The maximum atomic E-state index is 10.2. The van der Waals surface area contributed by atoms with Crippen molar-refractivity contribution in [3.05, 3.63) is 24.2 Å². The first-order valence-corrected chi connectivity index (χ1v) is 8.54. The molecule has 1 fully saturated rings. The summed E-state index contributed by atoms with van der Waals surface area (Å²) in [4.78, 5) is 11.4. The molecule has 3 aromatic heterocycles. The molecular weight excluding hydrogens is 355 g/mol. The van der Waals surface area contributed by atoms with Crippen LogP contribution in [0.15, 0.2) is 18.5 Å². The van der Waals surface area contributed by atoms with Crippen molar-refractivity contribution in [2.75, 3.05) is 5.32 Å². The first kappa shape index (κ1) is 18.4. The van der Waals surface area contributed by atoms with Crippen LogP contribution in [-0.2, 0) is 5.24 Å². The van der Waals surface area contributed by atoms with Crippen molar-refractivity contribution in [1.82, 2.24) is 24.7 Å². The maximum Gasteiger partial charge on any atom is 0.257 e. The zero-order valence-corrected chi connectivity index (χ0v) is 15.0. The molecule has 2 atom stereocenters. The topological polar surface area (TPSA) is 125 Å². The molecule has 134 valence electrons. The highest BCUT2D eigenvalue weighted by Crippen LogP contribution is 2.37. The number of nitrogens with one attached hydrogen (secondary N) is 2. The van der Waals surface area contributed by atoms with E-state index in [-0.39, 0.29) is 11.8 Å². The fraction of sp³-hybridized carbons (Fsp3) is 0.375. The van der Waals surface area contributed by atoms with Crippen LogP contribution in [0.25, 0.3) is 11.0 Å². The summed E-state index contributed by atoms with van der Waals surface area (Å²) in [6.07, 6.45) is 3.92. The Morgan fingerprint density at radius 2 is 2.29 bits per heavy atom. The van der Waals surface area contributed by atoms with Gasteiger partial charge in [0.15, 0.2) is 0 Å². The van der Waals surface area contributed by atoms with Gasteiger partial charge in [-0.3, -0.25) is 4.68 Å². The van der Waals surface area contributed by atoms with Crippen LogP contribution in [-0.4, -0.2) is 65.1 Å². The summed E-state index contributed by atoms with van der Waals surface area (Å²) >= 11 is 0. The third kappa shape index (κ3) is 3.33. The van der Waals surface area contributed by atoms with E-state index in [4.69, 9.17) is 33.5 Å². The lowest BCUT2D eigenvalue weighted by molar-refractivity contribution is -0.119. The Kier molecular flexibility index (Phi) is 4.15. The molecule has 1 saturated carbocycles. The lowest BCUT2D eigenvalue weighted by Gasteiger charge is -2.41. The molecule has 1 aliphatic carbocycles. The molecule has 0 aliphatic heterocycles. The number of hydrogen-bond donors (Lipinski definition) is 3. The molecule has 0 bridgehead atoms. The Morgan fingerprint density at radius 1 is 1.50 bits per heavy atom. The van der Waals surface area contributed by atoms with Crippen LogP contribution in [0.5, 0.6) is 5.88 Å². The Bertz CT molecular complexity index is 1080. The number of H-pyrrole nitrogens is 1. The number of rotatable bonds is 5. The van der Waals surface area contributed by atoms with E-state index in [0.717, 1.165) is 4.68 Å². The molecule has 3 aromatic rings. The van der Waals surface area contributed by atoms with Crippen LogP contribution in [0, 0.1) is 11.3 Å². The van der Waals surface area contributed by atoms with E-state index in [9.17, 15) is 5.11 Å². The Hall–Kier alpha value is -2.93. The van der Waals surface area contributed by atoms with Gasteiger partial charge in [0.2, 0.25) is 5.95 Å². The van der Waals surface area contributed by atoms with Gasteiger partial charge in [0.1, 0.15) is 29.2 Å². The fourth-order valence-corrected chi connectivity index (χ4v) is 2.89. The smallest absolute Gasteiger partial charge is 0.257 e. The molecule has 6 radical (unpaired) electrons. The lowest BCUT2D eigenvalue weighted by Crippen LogP contribution is -2.52. The largest absolute Gasteiger partial charge is 0.469 e. The average molecular weight is 369 g/mol. The van der Waals surface area contributed by atoms with Crippen LogP contribution in [0.1, 0.15) is 25.5 Å². The third-order valence-electron chi connectivity index (χ3n) is 4.67. The number of ether oxygens (including phenoxy) is 1. The lowest BCUT2D eigenvalue weighted by atomic mass is 9.49. The summed E-state index contributed by atoms with van der Waals surface area (Å²) in [7, 11) is 17.1. The number of fused-ring (bicyclic) bond motifs is 1. The monoisotopic (exact) mass is 369 g/mol. The molecule has 12 heteroatoms. The number of aromatic amines is 1. The van der Waals surface area contributed by atoms with E-state index in [0.29, 0.717) is 35.3 Å². The SMILES string of the molecule is [B]C([B])([B])n1cc(Nc2ncc3cc(C#N)[nH]c3n2)c(OC2CC[C@@]2(C)O)n1. The van der Waals surface area contributed by atoms with E-state index in [1.54, 1.807) is 19.2 Å². The highest BCUT2D eigenvalue weighted by Gasteiger charge is 2.43. The predicted octanol–water partition coefficient (Wildman–Crippen LogP) is 0.135. The van der Waals surface area contributed by atoms with Gasteiger partial charge in [0.25, 0.3) is 5.88 Å². The molecular formula is C16H14B3N7O2. The molecule has 0 aromatic carbocycles. The second kappa shape index (κ2) is 6.31. The minimum atomic E-state index is -1.74. The second-order valence-electron chi connectivity index (χ2n) is 7.10. The zero-order chi connectivity index (χ0) is 20.1. The number of nitrogens with zero attached hydrogens (tertiary/aromatic N) is 5. The van der Waals surface area contributed by atoms with Crippen molar-refractivity contribution in [2.45, 2.75) is 36.7 Å². The van der Waals surface area contributed by atoms with Gasteiger partial charge in [-0.2, -0.15) is 10.2 Å². The molecule has 3 N–H and O–H groups in total. The fourth-order valence-electron chi connectivity index (χ4n) is 2.89. The highest BCUT2D eigenvalue weighted by molar-refractivity contribution is 6.56. The van der Waals surface area contributed by atoms with Gasteiger partial charge in [0, 0.05) is 11.6 Å². The van der Waals surface area contributed by atoms with Crippen LogP contribution in [0.4, 0.5) is 11.6 Å². The van der Waals surface area contributed by atoms with Crippen molar-refractivity contribution < 1.29 is 9.84 Å². The van der Waals surface area contributed by atoms with Gasteiger partial charge < -0.3 is 20.1 Å². The van der Waals surface area contributed by atoms with Gasteiger partial charge >= 0.3 is 0 Å². The van der Waals surface area contributed by atoms with Crippen LogP contribution in [0.3, 0.4) is 0 Å². The van der Waals surface area contributed by atoms with E-state index >= 15 is 0 Å². The molecule has 28 heavy (non-hydrogen) atoms. The molecule has 9 nitrogen and oxygen atoms in total. The third-order valence-corrected chi connectivity index (χ3v) is 4.67. The summed E-state index contributed by atoms with van der Waals surface area (Å²) in [5.41, 5.74) is 0.306. The normalized spacial score (nSPS) is 21.8. The minimum absolute atomic E-state index is 0.156. The average Bonchev–Trinajstić information content (AvgIpc) is 3.22. The number of aliphatic hydroxyl groups is 1. The summed E-state index contributed by atoms with van der Waals surface area (Å²) in [5, 5.41) is 25.3. The molecule has 1 unspecified atom stereocenters. The van der Waals surface area contributed by atoms with Crippen molar-refractivity contribution in [2.24, 2.45) is 0 Å². The Labute approximate surface area is 164 Å². The van der Waals surface area contributed by atoms with E-state index in [1.807, 2.05) is 6.07 Å². The predicted molar refractivity (Wildman–Crippen MR) is 104 cm³/mol. The van der Waals surface area contributed by atoms with Gasteiger partial charge in [-0.05, 0) is 31.1 Å². The van der Waals surface area contributed by atoms with Gasteiger partial charge in [-0.1, -0.05) is 0 Å². The van der Waals surface area contributed by atoms with Crippen molar-refractivity contribution >= 4 is 46.2 Å². The zero-order valence-electron chi connectivity index (χ0n) is 15.0. The standard InChI is InChI=1S/C16H14B3N7O2/c1-15(27)3-2-11(15)28-13-10(7-26(25-13)16(17,18)19)23-14-21-6-8-4-9(5-20)22-12(8)24-14/h4,6-7,11,27H,2-3H2,1H3,(H2,21,22,23,24)/t11?,15-/m1/s1. The van der Waals surface area contributed by atoms with Gasteiger partial charge in [-0.25, -0.2) is 4.98 Å². The van der Waals surface area contributed by atoms with Crippen molar-refractivity contribution in [1.29, 1.82) is 5.26 Å². The summed E-state index contributed by atoms with van der Waals surface area (Å²) in [6.45, 7) is 1.69. The second-order valence-corrected chi connectivity index (χ2v) is 7.10. The quantitative estimate of drug-likeness (QED) is 0.547. The molecule has 1 aliphatic rings. The maximum absolute atomic E-state index is 10.2. The molecule has 0 saturated heterocycles. The number of nitriles is 1. The van der Waals surface area contributed by atoms with E-state index in [2.05, 4.69) is 25.4 Å². The molecule has 0 amide bonds. The molecule has 0 spiro atoms. The first-order chi connectivity index (χ1) is 13.2. The number of anilines is 2. The van der Waals surface area contributed by atoms with Crippen LogP contribution in [0.2, 0.25) is 0 Å². The minimum Gasteiger partial charge on any atom is -0.469 e. The van der Waals surface area contributed by atoms with Crippen molar-refractivity contribution in [3.63, 3.8) is 0 Å². The van der Waals surface area contributed by atoms with E-state index in [1.165, 1.54) is 6.20 Å². The summed E-state index contributed by atoms with van der Waals surface area (Å²) in [6, 6.07) is 3.66. The van der Waals surface area contributed by atoms with E-state index < -0.39 is 16.9 Å². The van der Waals surface area contributed by atoms with Crippen LogP contribution >= 0.6 is 0 Å². The summed E-state index contributed by atoms with van der Waals surface area (Å²) < 4.78 is 6.97. The Balaban J connectivity index is 1.66. The number of aromatic nitrogens is 5. The Morgan fingerprint density at radius 3 is 2.89 bits per heavy atom. The molecule has 4 rings (SSSR count). The van der Waals surface area contributed by atoms with Gasteiger partial charge in [-0.15, -0.1) is 5.10 Å².